The van der Waals surface area contributed by atoms with Crippen molar-refractivity contribution in [1.82, 2.24) is 5.32 Å². The molecule has 0 saturated heterocycles. The Bertz CT molecular complexity index is 196. The maximum Gasteiger partial charge on any atom is 0.306 e. The molecule has 0 rings (SSSR count). The normalized spacial score (nSPS) is 16.1. The minimum absolute atomic E-state index is 0.159. The van der Waals surface area contributed by atoms with Crippen molar-refractivity contribution in [3.05, 3.63) is 0 Å². The fourth-order valence-electron chi connectivity index (χ4n) is 1.78. The Morgan fingerprint density at radius 1 is 1.40 bits per heavy atom. The summed E-state index contributed by atoms with van der Waals surface area (Å²) in [7, 11) is 1.92. The highest BCUT2D eigenvalue weighted by atomic mass is 16.4. The average molecular weight is 215 g/mol. The quantitative estimate of drug-likeness (QED) is 0.715. The maximum atomic E-state index is 11.0. The van der Waals surface area contributed by atoms with Crippen LogP contribution in [-0.2, 0) is 4.79 Å². The first-order chi connectivity index (χ1) is 6.82. The summed E-state index contributed by atoms with van der Waals surface area (Å²) < 4.78 is 0. The van der Waals surface area contributed by atoms with Gasteiger partial charge in [-0.05, 0) is 37.8 Å². The molecule has 0 fully saturated rings. The van der Waals surface area contributed by atoms with Crippen molar-refractivity contribution in [2.75, 3.05) is 13.6 Å². The van der Waals surface area contributed by atoms with Crippen molar-refractivity contribution in [3.8, 4) is 0 Å². The standard InChI is InChI=1S/C12H25NO2/c1-6-9(11(14)15)7-10(8-13-5)12(2,3)4/h9-10,13H,6-8H2,1-5H3,(H,14,15)/t9-,10-/m1/s1. The highest BCUT2D eigenvalue weighted by Crippen LogP contribution is 2.31. The van der Waals surface area contributed by atoms with Gasteiger partial charge in [0.2, 0.25) is 0 Å². The molecule has 0 heterocycles. The van der Waals surface area contributed by atoms with Gasteiger partial charge in [0, 0.05) is 0 Å². The van der Waals surface area contributed by atoms with Crippen LogP contribution in [-0.4, -0.2) is 24.7 Å². The first-order valence-corrected chi connectivity index (χ1v) is 5.70. The van der Waals surface area contributed by atoms with Crippen LogP contribution in [0.2, 0.25) is 0 Å². The van der Waals surface area contributed by atoms with E-state index < -0.39 is 5.97 Å². The third-order valence-electron chi connectivity index (χ3n) is 3.09. The molecule has 0 aliphatic heterocycles. The first-order valence-electron chi connectivity index (χ1n) is 5.70. The van der Waals surface area contributed by atoms with Crippen LogP contribution in [0.5, 0.6) is 0 Å². The second kappa shape index (κ2) is 6.11. The van der Waals surface area contributed by atoms with Gasteiger partial charge in [0.1, 0.15) is 0 Å². The molecule has 0 aromatic rings. The smallest absolute Gasteiger partial charge is 0.306 e. The Kier molecular flexibility index (Phi) is 5.88. The fourth-order valence-corrected chi connectivity index (χ4v) is 1.78. The van der Waals surface area contributed by atoms with Gasteiger partial charge in [-0.2, -0.15) is 0 Å². The van der Waals surface area contributed by atoms with E-state index in [1.165, 1.54) is 0 Å². The molecule has 0 bridgehead atoms. The van der Waals surface area contributed by atoms with E-state index in [4.69, 9.17) is 5.11 Å². The molecule has 90 valence electrons. The van der Waals surface area contributed by atoms with Crippen LogP contribution in [0.15, 0.2) is 0 Å². The molecule has 0 aromatic heterocycles. The molecule has 2 N–H and O–H groups in total. The molecule has 3 heteroatoms. The summed E-state index contributed by atoms with van der Waals surface area (Å²) >= 11 is 0. The van der Waals surface area contributed by atoms with Crippen molar-refractivity contribution in [2.24, 2.45) is 17.3 Å². The van der Waals surface area contributed by atoms with Gasteiger partial charge in [0.15, 0.2) is 0 Å². The number of hydrogen-bond acceptors (Lipinski definition) is 2. The molecule has 3 nitrogen and oxygen atoms in total. The van der Waals surface area contributed by atoms with Crippen LogP contribution in [0.1, 0.15) is 40.5 Å². The zero-order chi connectivity index (χ0) is 12.1. The molecule has 0 spiro atoms. The zero-order valence-corrected chi connectivity index (χ0v) is 10.6. The number of hydrogen-bond donors (Lipinski definition) is 2. The van der Waals surface area contributed by atoms with Gasteiger partial charge in [-0.25, -0.2) is 0 Å². The Labute approximate surface area is 93.3 Å². The van der Waals surface area contributed by atoms with Gasteiger partial charge in [-0.3, -0.25) is 4.79 Å². The number of rotatable bonds is 6. The molecule has 0 aliphatic rings. The second-order valence-corrected chi connectivity index (χ2v) is 5.30. The van der Waals surface area contributed by atoms with Crippen molar-refractivity contribution in [3.63, 3.8) is 0 Å². The Balaban J connectivity index is 4.45. The predicted octanol–water partition coefficient (Wildman–Crippen LogP) is 2.37. The fraction of sp³-hybridized carbons (Fsp3) is 0.917. The number of aliphatic carboxylic acids is 1. The zero-order valence-electron chi connectivity index (χ0n) is 10.6. The summed E-state index contributed by atoms with van der Waals surface area (Å²) in [6.07, 6.45) is 1.47. The van der Waals surface area contributed by atoms with Gasteiger partial charge >= 0.3 is 5.97 Å². The number of carboxylic acid groups (broad SMARTS) is 1. The van der Waals surface area contributed by atoms with Crippen LogP contribution in [0, 0.1) is 17.3 Å². The topological polar surface area (TPSA) is 49.3 Å². The third kappa shape index (κ3) is 5.17. The lowest BCUT2D eigenvalue weighted by molar-refractivity contribution is -0.142. The van der Waals surface area contributed by atoms with E-state index in [1.54, 1.807) is 0 Å². The highest BCUT2D eigenvalue weighted by Gasteiger charge is 2.28. The molecule has 0 saturated carbocycles. The van der Waals surface area contributed by atoms with E-state index in [2.05, 4.69) is 26.1 Å². The molecule has 0 aliphatic carbocycles. The summed E-state index contributed by atoms with van der Waals surface area (Å²) in [5.41, 5.74) is 0.159. The summed E-state index contributed by atoms with van der Waals surface area (Å²) in [5.74, 6) is -0.464. The largest absolute Gasteiger partial charge is 0.481 e. The van der Waals surface area contributed by atoms with Gasteiger partial charge in [-0.15, -0.1) is 0 Å². The van der Waals surface area contributed by atoms with E-state index in [1.807, 2.05) is 14.0 Å². The second-order valence-electron chi connectivity index (χ2n) is 5.30. The van der Waals surface area contributed by atoms with Crippen molar-refractivity contribution < 1.29 is 9.90 Å². The van der Waals surface area contributed by atoms with Crippen LogP contribution >= 0.6 is 0 Å². The van der Waals surface area contributed by atoms with Gasteiger partial charge in [0.25, 0.3) is 0 Å². The Morgan fingerprint density at radius 3 is 2.20 bits per heavy atom. The van der Waals surface area contributed by atoms with Gasteiger partial charge in [0.05, 0.1) is 5.92 Å². The molecule has 0 unspecified atom stereocenters. The van der Waals surface area contributed by atoms with Crippen molar-refractivity contribution in [1.29, 1.82) is 0 Å². The lowest BCUT2D eigenvalue weighted by Gasteiger charge is -2.32. The summed E-state index contributed by atoms with van der Waals surface area (Å²) in [4.78, 5) is 11.0. The summed E-state index contributed by atoms with van der Waals surface area (Å²) in [6, 6.07) is 0. The average Bonchev–Trinajstić information content (AvgIpc) is 2.09. The Hall–Kier alpha value is -0.570. The molecule has 0 aromatic carbocycles. The number of carboxylic acids is 1. The van der Waals surface area contributed by atoms with Crippen molar-refractivity contribution in [2.45, 2.75) is 40.5 Å². The minimum Gasteiger partial charge on any atom is -0.481 e. The molecule has 15 heavy (non-hydrogen) atoms. The Morgan fingerprint density at radius 2 is 1.93 bits per heavy atom. The van der Waals surface area contributed by atoms with E-state index in [0.717, 1.165) is 13.0 Å². The lowest BCUT2D eigenvalue weighted by atomic mass is 9.75. The summed E-state index contributed by atoms with van der Waals surface area (Å²) in [5, 5.41) is 12.2. The van der Waals surface area contributed by atoms with E-state index in [9.17, 15) is 4.79 Å². The van der Waals surface area contributed by atoms with Gasteiger partial charge in [-0.1, -0.05) is 27.7 Å². The maximum absolute atomic E-state index is 11.0. The minimum atomic E-state index is -0.664. The molecule has 0 amide bonds. The third-order valence-corrected chi connectivity index (χ3v) is 3.09. The monoisotopic (exact) mass is 215 g/mol. The highest BCUT2D eigenvalue weighted by molar-refractivity contribution is 5.69. The molecule has 2 atom stereocenters. The van der Waals surface area contributed by atoms with Crippen LogP contribution in [0.25, 0.3) is 0 Å². The first kappa shape index (κ1) is 14.4. The van der Waals surface area contributed by atoms with Crippen LogP contribution < -0.4 is 5.32 Å². The molecular weight excluding hydrogens is 190 g/mol. The van der Waals surface area contributed by atoms with Crippen LogP contribution in [0.4, 0.5) is 0 Å². The lowest BCUT2D eigenvalue weighted by Crippen LogP contribution is -2.33. The van der Waals surface area contributed by atoms with E-state index in [0.29, 0.717) is 12.3 Å². The van der Waals surface area contributed by atoms with E-state index >= 15 is 0 Å². The van der Waals surface area contributed by atoms with E-state index in [-0.39, 0.29) is 11.3 Å². The van der Waals surface area contributed by atoms with Crippen molar-refractivity contribution >= 4 is 5.97 Å². The molecule has 0 radical (unpaired) electrons. The summed E-state index contributed by atoms with van der Waals surface area (Å²) in [6.45, 7) is 9.34. The number of nitrogens with one attached hydrogen (secondary N) is 1. The predicted molar refractivity (Wildman–Crippen MR) is 62.9 cm³/mol. The molecular formula is C12H25NO2. The van der Waals surface area contributed by atoms with Crippen LogP contribution in [0.3, 0.4) is 0 Å². The van der Waals surface area contributed by atoms with Gasteiger partial charge < -0.3 is 10.4 Å². The number of carbonyl (C=O) groups is 1. The SMILES string of the molecule is CC[C@H](C[C@H](CNC)C(C)(C)C)C(=O)O.